The second-order valence-electron chi connectivity index (χ2n) is 3.84. The third-order valence-corrected chi connectivity index (χ3v) is 4.23. The zero-order valence-corrected chi connectivity index (χ0v) is 12.0. The molecule has 0 aliphatic heterocycles. The van der Waals surface area contributed by atoms with Crippen molar-refractivity contribution in [3.05, 3.63) is 35.0 Å². The van der Waals surface area contributed by atoms with E-state index in [0.717, 1.165) is 0 Å². The Bertz CT molecular complexity index is 714. The molecule has 0 aliphatic carbocycles. The fraction of sp³-hybridized carbons (Fsp3) is 0.182. The van der Waals surface area contributed by atoms with E-state index in [4.69, 9.17) is 21.4 Å². The summed E-state index contributed by atoms with van der Waals surface area (Å²) < 4.78 is 31.7. The molecule has 0 unspecified atom stereocenters. The van der Waals surface area contributed by atoms with Crippen molar-refractivity contribution in [2.45, 2.75) is 11.6 Å². The van der Waals surface area contributed by atoms with Crippen LogP contribution in [-0.2, 0) is 16.6 Å². The van der Waals surface area contributed by atoms with Gasteiger partial charge in [-0.1, -0.05) is 11.6 Å². The van der Waals surface area contributed by atoms with Crippen LogP contribution in [0.2, 0.25) is 5.02 Å². The van der Waals surface area contributed by atoms with E-state index in [-0.39, 0.29) is 16.3 Å². The van der Waals surface area contributed by atoms with Crippen molar-refractivity contribution in [1.82, 2.24) is 10.2 Å². The minimum atomic E-state index is -3.88. The molecule has 0 aliphatic rings. The van der Waals surface area contributed by atoms with Crippen LogP contribution < -0.4 is 9.46 Å². The molecule has 1 heterocycles. The normalized spacial score (nSPS) is 11.3. The lowest BCUT2D eigenvalue weighted by Gasteiger charge is -2.09. The first-order valence-electron chi connectivity index (χ1n) is 5.47. The Hall–Kier alpha value is -1.77. The number of hydrogen-bond acceptors (Lipinski definition) is 5. The van der Waals surface area contributed by atoms with Crippen molar-refractivity contribution in [2.75, 3.05) is 11.8 Å². The van der Waals surface area contributed by atoms with Crippen LogP contribution in [0.15, 0.2) is 29.4 Å². The third kappa shape index (κ3) is 2.87. The van der Waals surface area contributed by atoms with Gasteiger partial charge in [-0.05, 0) is 12.1 Å². The SMILES string of the molecule is COc1cc(NS(=O)(=O)c2[nH]ncc2CO)ccc1Cl. The number of sulfonamides is 1. The summed E-state index contributed by atoms with van der Waals surface area (Å²) in [4.78, 5) is 0. The van der Waals surface area contributed by atoms with E-state index in [9.17, 15) is 8.42 Å². The first kappa shape index (κ1) is 14.6. The summed E-state index contributed by atoms with van der Waals surface area (Å²) in [6.07, 6.45) is 1.25. The Kier molecular flexibility index (Phi) is 4.17. The van der Waals surface area contributed by atoms with Gasteiger partial charge in [0.1, 0.15) is 5.75 Å². The van der Waals surface area contributed by atoms with Crippen molar-refractivity contribution >= 4 is 27.3 Å². The monoisotopic (exact) mass is 317 g/mol. The van der Waals surface area contributed by atoms with Gasteiger partial charge in [-0.3, -0.25) is 9.82 Å². The second kappa shape index (κ2) is 5.70. The summed E-state index contributed by atoms with van der Waals surface area (Å²) in [7, 11) is -2.45. The molecular weight excluding hydrogens is 306 g/mol. The number of aromatic nitrogens is 2. The van der Waals surface area contributed by atoms with Crippen LogP contribution in [0, 0.1) is 0 Å². The van der Waals surface area contributed by atoms with Gasteiger partial charge in [0.15, 0.2) is 5.03 Å². The summed E-state index contributed by atoms with van der Waals surface area (Å²) >= 11 is 5.86. The van der Waals surface area contributed by atoms with E-state index in [2.05, 4.69) is 14.9 Å². The summed E-state index contributed by atoms with van der Waals surface area (Å²) in [5.74, 6) is 0.346. The van der Waals surface area contributed by atoms with Gasteiger partial charge in [0.25, 0.3) is 10.0 Å². The molecule has 0 saturated carbocycles. The van der Waals surface area contributed by atoms with Gasteiger partial charge in [0.2, 0.25) is 0 Å². The molecule has 0 bridgehead atoms. The van der Waals surface area contributed by atoms with Crippen LogP contribution in [-0.4, -0.2) is 30.8 Å². The number of H-pyrrole nitrogens is 1. The molecule has 20 heavy (non-hydrogen) atoms. The van der Waals surface area contributed by atoms with Gasteiger partial charge in [-0.15, -0.1) is 0 Å². The molecule has 2 rings (SSSR count). The van der Waals surface area contributed by atoms with E-state index >= 15 is 0 Å². The Morgan fingerprint density at radius 1 is 1.50 bits per heavy atom. The zero-order valence-electron chi connectivity index (χ0n) is 10.4. The molecule has 9 heteroatoms. The van der Waals surface area contributed by atoms with Crippen LogP contribution in [0.5, 0.6) is 5.75 Å². The summed E-state index contributed by atoms with van der Waals surface area (Å²) in [5.41, 5.74) is 0.461. The van der Waals surface area contributed by atoms with E-state index in [1.807, 2.05) is 0 Å². The molecule has 7 nitrogen and oxygen atoms in total. The van der Waals surface area contributed by atoms with Gasteiger partial charge in [-0.2, -0.15) is 13.5 Å². The number of nitrogens with zero attached hydrogens (tertiary/aromatic N) is 1. The van der Waals surface area contributed by atoms with Gasteiger partial charge in [0.05, 0.1) is 30.6 Å². The molecule has 1 aromatic carbocycles. The molecule has 0 spiro atoms. The first-order valence-corrected chi connectivity index (χ1v) is 7.33. The van der Waals surface area contributed by atoms with Crippen molar-refractivity contribution in [2.24, 2.45) is 0 Å². The van der Waals surface area contributed by atoms with Gasteiger partial charge in [-0.25, -0.2) is 0 Å². The number of aliphatic hydroxyl groups excluding tert-OH is 1. The predicted molar refractivity (Wildman–Crippen MR) is 73.3 cm³/mol. The molecular formula is C11H12ClN3O4S. The highest BCUT2D eigenvalue weighted by molar-refractivity contribution is 7.92. The van der Waals surface area contributed by atoms with Crippen LogP contribution in [0.1, 0.15) is 5.56 Å². The fourth-order valence-corrected chi connectivity index (χ4v) is 2.94. The quantitative estimate of drug-likeness (QED) is 0.772. The molecule has 2 aromatic rings. The number of halogens is 1. The lowest BCUT2D eigenvalue weighted by molar-refractivity contribution is 0.278. The molecule has 108 valence electrons. The van der Waals surface area contributed by atoms with Crippen LogP contribution in [0.4, 0.5) is 5.69 Å². The van der Waals surface area contributed by atoms with E-state index in [1.54, 1.807) is 0 Å². The lowest BCUT2D eigenvalue weighted by atomic mass is 10.3. The number of aliphatic hydroxyl groups is 1. The fourth-order valence-electron chi connectivity index (χ4n) is 1.57. The highest BCUT2D eigenvalue weighted by atomic mass is 35.5. The molecule has 1 aromatic heterocycles. The molecule has 0 radical (unpaired) electrons. The van der Waals surface area contributed by atoms with Gasteiger partial charge >= 0.3 is 0 Å². The Balaban J connectivity index is 2.33. The summed E-state index contributed by atoms with van der Waals surface area (Å²) in [6, 6.07) is 4.46. The number of methoxy groups -OCH3 is 1. The molecule has 0 fully saturated rings. The number of aromatic amines is 1. The molecule has 0 amide bonds. The predicted octanol–water partition coefficient (Wildman–Crippen LogP) is 1.36. The zero-order chi connectivity index (χ0) is 14.8. The van der Waals surface area contributed by atoms with E-state index in [0.29, 0.717) is 10.8 Å². The number of hydrogen-bond donors (Lipinski definition) is 3. The second-order valence-corrected chi connectivity index (χ2v) is 5.86. The minimum absolute atomic E-state index is 0.179. The van der Waals surface area contributed by atoms with Crippen molar-refractivity contribution in [1.29, 1.82) is 0 Å². The average Bonchev–Trinajstić information content (AvgIpc) is 2.90. The summed E-state index contributed by atoms with van der Waals surface area (Å²) in [5, 5.41) is 15.2. The third-order valence-electron chi connectivity index (χ3n) is 2.52. The Morgan fingerprint density at radius 3 is 2.90 bits per heavy atom. The molecule has 0 atom stereocenters. The minimum Gasteiger partial charge on any atom is -0.495 e. The maximum absolute atomic E-state index is 12.2. The first-order chi connectivity index (χ1) is 9.47. The molecule has 0 saturated heterocycles. The average molecular weight is 318 g/mol. The molecule has 3 N–H and O–H groups in total. The van der Waals surface area contributed by atoms with Crippen LogP contribution in [0.3, 0.4) is 0 Å². The lowest BCUT2D eigenvalue weighted by Crippen LogP contribution is -2.15. The van der Waals surface area contributed by atoms with Crippen molar-refractivity contribution < 1.29 is 18.3 Å². The summed E-state index contributed by atoms with van der Waals surface area (Å²) in [6.45, 7) is -0.434. The van der Waals surface area contributed by atoms with Crippen molar-refractivity contribution in [3.8, 4) is 5.75 Å². The Morgan fingerprint density at radius 2 is 2.25 bits per heavy atom. The highest BCUT2D eigenvalue weighted by Crippen LogP contribution is 2.28. The largest absolute Gasteiger partial charge is 0.495 e. The van der Waals surface area contributed by atoms with E-state index < -0.39 is 16.6 Å². The van der Waals surface area contributed by atoms with Crippen LogP contribution >= 0.6 is 11.6 Å². The topological polar surface area (TPSA) is 104 Å². The maximum atomic E-state index is 12.2. The highest BCUT2D eigenvalue weighted by Gasteiger charge is 2.21. The van der Waals surface area contributed by atoms with Crippen molar-refractivity contribution in [3.63, 3.8) is 0 Å². The maximum Gasteiger partial charge on any atom is 0.279 e. The Labute approximate surface area is 120 Å². The van der Waals surface area contributed by atoms with Gasteiger partial charge < -0.3 is 9.84 Å². The smallest absolute Gasteiger partial charge is 0.279 e. The number of nitrogens with one attached hydrogen (secondary N) is 2. The number of ether oxygens (including phenoxy) is 1. The van der Waals surface area contributed by atoms with Gasteiger partial charge in [0, 0.05) is 11.6 Å². The number of benzene rings is 1. The van der Waals surface area contributed by atoms with Crippen LogP contribution in [0.25, 0.3) is 0 Å². The van der Waals surface area contributed by atoms with E-state index in [1.165, 1.54) is 31.5 Å². The number of rotatable bonds is 5. The standard InChI is InChI=1S/C11H12ClN3O4S/c1-19-10-4-8(2-3-9(10)12)15-20(17,18)11-7(6-16)5-13-14-11/h2-5,15-16H,6H2,1H3,(H,13,14). The number of anilines is 1.